The molecule has 2 aromatic rings. The highest BCUT2D eigenvalue weighted by atomic mass is 79.9. The van der Waals surface area contributed by atoms with E-state index in [1.54, 1.807) is 24.4 Å². The van der Waals surface area contributed by atoms with Crippen LogP contribution in [0.5, 0.6) is 0 Å². The molecule has 2 heterocycles. The fraction of sp³-hybridized carbons (Fsp3) is 0.214. The smallest absolute Gasteiger partial charge is 0.262 e. The standard InChI is InChI=1S/C14H14BrN3O2S/c15-12-9-16-7-5-13(12)18-21(19,20)11-4-3-10-2-1-6-17-14(10)8-11/h3-5,7-9,17H,1-2,6H2,(H,16,18). The molecule has 0 spiro atoms. The highest BCUT2D eigenvalue weighted by Gasteiger charge is 2.18. The van der Waals surface area contributed by atoms with Crippen LogP contribution in [0.25, 0.3) is 0 Å². The number of hydrogen-bond donors (Lipinski definition) is 2. The molecule has 1 aromatic heterocycles. The lowest BCUT2D eigenvalue weighted by Gasteiger charge is -2.19. The van der Waals surface area contributed by atoms with Crippen molar-refractivity contribution < 1.29 is 8.42 Å². The molecule has 21 heavy (non-hydrogen) atoms. The monoisotopic (exact) mass is 367 g/mol. The molecule has 0 amide bonds. The Morgan fingerprint density at radius 3 is 2.95 bits per heavy atom. The van der Waals surface area contributed by atoms with E-state index in [0.717, 1.165) is 30.6 Å². The maximum atomic E-state index is 12.5. The second kappa shape index (κ2) is 5.65. The second-order valence-electron chi connectivity index (χ2n) is 4.81. The summed E-state index contributed by atoms with van der Waals surface area (Å²) < 4.78 is 28.1. The first-order chi connectivity index (χ1) is 10.1. The van der Waals surface area contributed by atoms with Crippen molar-refractivity contribution in [3.63, 3.8) is 0 Å². The van der Waals surface area contributed by atoms with E-state index >= 15 is 0 Å². The third kappa shape index (κ3) is 3.03. The van der Waals surface area contributed by atoms with E-state index in [1.807, 2.05) is 6.07 Å². The van der Waals surface area contributed by atoms with Gasteiger partial charge in [0.2, 0.25) is 0 Å². The van der Waals surface area contributed by atoms with Crippen LogP contribution in [0.3, 0.4) is 0 Å². The quantitative estimate of drug-likeness (QED) is 0.874. The van der Waals surface area contributed by atoms with Gasteiger partial charge in [-0.05, 0) is 52.5 Å². The average Bonchev–Trinajstić information content (AvgIpc) is 2.49. The molecule has 0 bridgehead atoms. The van der Waals surface area contributed by atoms with Gasteiger partial charge in [0.15, 0.2) is 0 Å². The van der Waals surface area contributed by atoms with Crippen LogP contribution in [0.1, 0.15) is 12.0 Å². The minimum Gasteiger partial charge on any atom is -0.385 e. The van der Waals surface area contributed by atoms with Gasteiger partial charge in [0, 0.05) is 24.6 Å². The fourth-order valence-electron chi connectivity index (χ4n) is 2.27. The number of aryl methyl sites for hydroxylation is 1. The lowest BCUT2D eigenvalue weighted by atomic mass is 10.0. The molecule has 0 unspecified atom stereocenters. The molecule has 7 heteroatoms. The van der Waals surface area contributed by atoms with Crippen LogP contribution < -0.4 is 10.0 Å². The van der Waals surface area contributed by atoms with Gasteiger partial charge in [0.1, 0.15) is 0 Å². The number of benzene rings is 1. The van der Waals surface area contributed by atoms with Crippen molar-refractivity contribution in [1.29, 1.82) is 0 Å². The van der Waals surface area contributed by atoms with E-state index in [4.69, 9.17) is 0 Å². The number of anilines is 2. The van der Waals surface area contributed by atoms with E-state index in [2.05, 4.69) is 31.0 Å². The van der Waals surface area contributed by atoms with Crippen LogP contribution >= 0.6 is 15.9 Å². The normalized spacial score (nSPS) is 14.1. The number of aromatic nitrogens is 1. The molecule has 1 aromatic carbocycles. The van der Waals surface area contributed by atoms with Crippen LogP contribution in [0.2, 0.25) is 0 Å². The number of fused-ring (bicyclic) bond motifs is 1. The Labute approximate surface area is 132 Å². The number of sulfonamides is 1. The molecule has 5 nitrogen and oxygen atoms in total. The van der Waals surface area contributed by atoms with Gasteiger partial charge in [-0.25, -0.2) is 8.42 Å². The number of nitrogens with zero attached hydrogens (tertiary/aromatic N) is 1. The Morgan fingerprint density at radius 2 is 2.14 bits per heavy atom. The van der Waals surface area contributed by atoms with Crippen molar-refractivity contribution in [3.05, 3.63) is 46.7 Å². The van der Waals surface area contributed by atoms with Crippen LogP contribution in [-0.2, 0) is 16.4 Å². The van der Waals surface area contributed by atoms with Gasteiger partial charge in [0.25, 0.3) is 10.0 Å². The second-order valence-corrected chi connectivity index (χ2v) is 7.35. The van der Waals surface area contributed by atoms with Gasteiger partial charge in [-0.3, -0.25) is 9.71 Å². The number of rotatable bonds is 3. The summed E-state index contributed by atoms with van der Waals surface area (Å²) in [5.41, 5.74) is 2.53. The first-order valence-corrected chi connectivity index (χ1v) is 8.83. The van der Waals surface area contributed by atoms with Crippen molar-refractivity contribution in [3.8, 4) is 0 Å². The molecule has 0 radical (unpaired) electrons. The molecule has 110 valence electrons. The summed E-state index contributed by atoms with van der Waals surface area (Å²) in [5, 5.41) is 3.24. The Balaban J connectivity index is 1.93. The van der Waals surface area contributed by atoms with Gasteiger partial charge >= 0.3 is 0 Å². The molecular formula is C14H14BrN3O2S. The van der Waals surface area contributed by atoms with Crippen LogP contribution in [0.15, 0.2) is 46.0 Å². The fourth-order valence-corrected chi connectivity index (χ4v) is 3.86. The van der Waals surface area contributed by atoms with Crippen LogP contribution in [0.4, 0.5) is 11.4 Å². The van der Waals surface area contributed by atoms with Gasteiger partial charge in [-0.1, -0.05) is 6.07 Å². The zero-order chi connectivity index (χ0) is 14.9. The lowest BCUT2D eigenvalue weighted by molar-refractivity contribution is 0.601. The van der Waals surface area contributed by atoms with Gasteiger partial charge < -0.3 is 5.32 Å². The van der Waals surface area contributed by atoms with Crippen molar-refractivity contribution >= 4 is 37.3 Å². The van der Waals surface area contributed by atoms with Crippen LogP contribution in [-0.4, -0.2) is 19.9 Å². The predicted octanol–water partition coefficient (Wildman–Crippen LogP) is 3.00. The zero-order valence-electron chi connectivity index (χ0n) is 11.1. The van der Waals surface area contributed by atoms with Gasteiger partial charge in [-0.15, -0.1) is 0 Å². The first kappa shape index (κ1) is 14.3. The molecule has 1 aliphatic heterocycles. The molecule has 0 saturated heterocycles. The third-order valence-corrected chi connectivity index (χ3v) is 5.34. The number of nitrogens with one attached hydrogen (secondary N) is 2. The third-order valence-electron chi connectivity index (χ3n) is 3.35. The Morgan fingerprint density at radius 1 is 1.29 bits per heavy atom. The van der Waals surface area contributed by atoms with Gasteiger partial charge in [-0.2, -0.15) is 0 Å². The largest absolute Gasteiger partial charge is 0.385 e. The zero-order valence-corrected chi connectivity index (χ0v) is 13.5. The summed E-state index contributed by atoms with van der Waals surface area (Å²) in [6.07, 6.45) is 5.14. The van der Waals surface area contributed by atoms with E-state index < -0.39 is 10.0 Å². The molecule has 3 rings (SSSR count). The van der Waals surface area contributed by atoms with E-state index in [0.29, 0.717) is 10.2 Å². The molecule has 0 saturated carbocycles. The van der Waals surface area contributed by atoms with Gasteiger partial charge in [0.05, 0.1) is 15.1 Å². The summed E-state index contributed by atoms with van der Waals surface area (Å²) >= 11 is 3.28. The maximum absolute atomic E-state index is 12.5. The minimum absolute atomic E-state index is 0.249. The molecule has 0 atom stereocenters. The number of halogens is 1. The average molecular weight is 368 g/mol. The van der Waals surface area contributed by atoms with Crippen molar-refractivity contribution in [2.24, 2.45) is 0 Å². The Kier molecular flexibility index (Phi) is 3.86. The minimum atomic E-state index is -3.62. The highest BCUT2D eigenvalue weighted by Crippen LogP contribution is 2.28. The number of hydrogen-bond acceptors (Lipinski definition) is 4. The van der Waals surface area contributed by atoms with Crippen molar-refractivity contribution in [1.82, 2.24) is 4.98 Å². The maximum Gasteiger partial charge on any atom is 0.262 e. The number of pyridine rings is 1. The summed E-state index contributed by atoms with van der Waals surface area (Å²) in [6, 6.07) is 6.81. The van der Waals surface area contributed by atoms with Crippen LogP contribution in [0, 0.1) is 0 Å². The molecule has 2 N–H and O–H groups in total. The summed E-state index contributed by atoms with van der Waals surface area (Å²) in [4.78, 5) is 4.16. The summed E-state index contributed by atoms with van der Waals surface area (Å²) in [5.74, 6) is 0. The highest BCUT2D eigenvalue weighted by molar-refractivity contribution is 9.10. The lowest BCUT2D eigenvalue weighted by Crippen LogP contribution is -2.16. The predicted molar refractivity (Wildman–Crippen MR) is 86.0 cm³/mol. The summed E-state index contributed by atoms with van der Waals surface area (Å²) in [7, 11) is -3.62. The first-order valence-electron chi connectivity index (χ1n) is 6.55. The summed E-state index contributed by atoms with van der Waals surface area (Å²) in [6.45, 7) is 0.875. The Hall–Kier alpha value is -1.60. The Bertz CT molecular complexity index is 778. The molecule has 0 aliphatic carbocycles. The molecule has 1 aliphatic rings. The van der Waals surface area contributed by atoms with Crippen molar-refractivity contribution in [2.45, 2.75) is 17.7 Å². The van der Waals surface area contributed by atoms with E-state index in [9.17, 15) is 8.42 Å². The van der Waals surface area contributed by atoms with E-state index in [1.165, 1.54) is 6.20 Å². The SMILES string of the molecule is O=S(=O)(Nc1ccncc1Br)c1ccc2c(c1)NCCC2. The van der Waals surface area contributed by atoms with E-state index in [-0.39, 0.29) is 4.90 Å². The molecule has 0 fully saturated rings. The topological polar surface area (TPSA) is 71.1 Å². The molecular weight excluding hydrogens is 354 g/mol. The van der Waals surface area contributed by atoms with Crippen molar-refractivity contribution in [2.75, 3.05) is 16.6 Å².